The summed E-state index contributed by atoms with van der Waals surface area (Å²) in [6.07, 6.45) is 11.8. The Kier molecular flexibility index (Phi) is 5.65. The van der Waals surface area contributed by atoms with Crippen molar-refractivity contribution >= 4 is 0 Å². The third kappa shape index (κ3) is 4.63. The quantitative estimate of drug-likeness (QED) is 0.648. The van der Waals surface area contributed by atoms with Crippen LogP contribution in [0.1, 0.15) is 82.3 Å². The molecule has 2 N–H and O–H groups in total. The van der Waals surface area contributed by atoms with Crippen LogP contribution < -0.4 is 5.73 Å². The van der Waals surface area contributed by atoms with E-state index >= 15 is 0 Å². The minimum Gasteiger partial charge on any atom is -0.325 e. The molecule has 2 rings (SSSR count). The second-order valence-electron chi connectivity index (χ2n) is 7.02. The zero-order valence-electron chi connectivity index (χ0n) is 13.3. The molecule has 112 valence electrons. The Morgan fingerprint density at radius 1 is 1.00 bits per heavy atom. The van der Waals surface area contributed by atoms with Gasteiger partial charge in [-0.1, -0.05) is 63.3 Å². The van der Waals surface area contributed by atoms with Gasteiger partial charge in [-0.25, -0.2) is 0 Å². The SMILES string of the molecule is CCCCCCCCc1ccc(C2CC(C)(N)C2)cc1. The van der Waals surface area contributed by atoms with Gasteiger partial charge in [-0.05, 0) is 49.7 Å². The van der Waals surface area contributed by atoms with Gasteiger partial charge in [0.2, 0.25) is 0 Å². The highest BCUT2D eigenvalue weighted by atomic mass is 14.8. The lowest BCUT2D eigenvalue weighted by atomic mass is 9.67. The third-order valence-electron chi connectivity index (χ3n) is 4.70. The molecule has 1 aromatic carbocycles. The number of nitrogens with two attached hydrogens (primary N) is 1. The van der Waals surface area contributed by atoms with E-state index in [2.05, 4.69) is 38.1 Å². The Morgan fingerprint density at radius 3 is 2.20 bits per heavy atom. The Morgan fingerprint density at radius 2 is 1.60 bits per heavy atom. The van der Waals surface area contributed by atoms with Crippen molar-refractivity contribution in [3.8, 4) is 0 Å². The Bertz CT molecular complexity index is 383. The largest absolute Gasteiger partial charge is 0.325 e. The van der Waals surface area contributed by atoms with Gasteiger partial charge in [0.05, 0.1) is 0 Å². The number of unbranched alkanes of at least 4 members (excludes halogenated alkanes) is 5. The fourth-order valence-corrected chi connectivity index (χ4v) is 3.37. The summed E-state index contributed by atoms with van der Waals surface area (Å²) in [4.78, 5) is 0. The molecular formula is C19H31N. The molecule has 0 unspecified atom stereocenters. The molecule has 1 aliphatic rings. The van der Waals surface area contributed by atoms with Crippen molar-refractivity contribution in [2.75, 3.05) is 0 Å². The van der Waals surface area contributed by atoms with Crippen LogP contribution in [0.5, 0.6) is 0 Å². The molecular weight excluding hydrogens is 242 g/mol. The third-order valence-corrected chi connectivity index (χ3v) is 4.70. The maximum atomic E-state index is 6.09. The Hall–Kier alpha value is -0.820. The maximum absolute atomic E-state index is 6.09. The lowest BCUT2D eigenvalue weighted by Gasteiger charge is -2.42. The predicted molar refractivity (Wildman–Crippen MR) is 88.1 cm³/mol. The van der Waals surface area contributed by atoms with Gasteiger partial charge in [-0.15, -0.1) is 0 Å². The molecule has 0 saturated heterocycles. The molecule has 1 heteroatoms. The van der Waals surface area contributed by atoms with Crippen molar-refractivity contribution in [1.82, 2.24) is 0 Å². The van der Waals surface area contributed by atoms with E-state index in [1.165, 1.54) is 56.1 Å². The van der Waals surface area contributed by atoms with Crippen molar-refractivity contribution in [2.24, 2.45) is 5.73 Å². The zero-order valence-corrected chi connectivity index (χ0v) is 13.3. The molecule has 1 saturated carbocycles. The number of rotatable bonds is 8. The summed E-state index contributed by atoms with van der Waals surface area (Å²) in [5.74, 6) is 0.702. The van der Waals surface area contributed by atoms with Gasteiger partial charge in [-0.2, -0.15) is 0 Å². The monoisotopic (exact) mass is 273 g/mol. The Labute approximate surface area is 125 Å². The average Bonchev–Trinajstić information content (AvgIpc) is 2.41. The normalized spacial score (nSPS) is 25.4. The molecule has 1 nitrogen and oxygen atoms in total. The second kappa shape index (κ2) is 7.26. The van der Waals surface area contributed by atoms with Crippen LogP contribution in [0.2, 0.25) is 0 Å². The van der Waals surface area contributed by atoms with Gasteiger partial charge in [0.1, 0.15) is 0 Å². The standard InChI is InChI=1S/C19H31N/c1-3-4-5-6-7-8-9-16-10-12-17(13-11-16)18-14-19(2,20)15-18/h10-13,18H,3-9,14-15,20H2,1-2H3. The fraction of sp³-hybridized carbons (Fsp3) is 0.684. The van der Waals surface area contributed by atoms with Gasteiger partial charge in [0, 0.05) is 5.54 Å². The molecule has 1 aromatic rings. The van der Waals surface area contributed by atoms with E-state index in [0.717, 1.165) is 12.8 Å². The maximum Gasteiger partial charge on any atom is 0.0137 e. The first-order chi connectivity index (χ1) is 9.61. The summed E-state index contributed by atoms with van der Waals surface area (Å²) >= 11 is 0. The van der Waals surface area contributed by atoms with E-state index in [1.807, 2.05) is 0 Å². The van der Waals surface area contributed by atoms with Gasteiger partial charge >= 0.3 is 0 Å². The summed E-state index contributed by atoms with van der Waals surface area (Å²) in [5, 5.41) is 0. The first-order valence-electron chi connectivity index (χ1n) is 8.48. The molecule has 0 bridgehead atoms. The number of benzene rings is 1. The van der Waals surface area contributed by atoms with Crippen LogP contribution in [0.15, 0.2) is 24.3 Å². The summed E-state index contributed by atoms with van der Waals surface area (Å²) in [7, 11) is 0. The van der Waals surface area contributed by atoms with Crippen LogP contribution in [0.3, 0.4) is 0 Å². The van der Waals surface area contributed by atoms with Crippen LogP contribution >= 0.6 is 0 Å². The molecule has 0 atom stereocenters. The molecule has 0 heterocycles. The van der Waals surface area contributed by atoms with Gasteiger partial charge < -0.3 is 5.73 Å². The van der Waals surface area contributed by atoms with E-state index in [4.69, 9.17) is 5.73 Å². The molecule has 0 amide bonds. The minimum absolute atomic E-state index is 0.0851. The van der Waals surface area contributed by atoms with E-state index in [-0.39, 0.29) is 5.54 Å². The van der Waals surface area contributed by atoms with Gasteiger partial charge in [0.15, 0.2) is 0 Å². The predicted octanol–water partition coefficient (Wildman–Crippen LogP) is 5.18. The highest BCUT2D eigenvalue weighted by molar-refractivity contribution is 5.28. The summed E-state index contributed by atoms with van der Waals surface area (Å²) in [6.45, 7) is 4.44. The van der Waals surface area contributed by atoms with Crippen LogP contribution in [-0.2, 0) is 6.42 Å². The number of aryl methyl sites for hydroxylation is 1. The first kappa shape index (κ1) is 15.6. The second-order valence-corrected chi connectivity index (χ2v) is 7.02. The highest BCUT2D eigenvalue weighted by Crippen LogP contribution is 2.42. The molecule has 1 fully saturated rings. The van der Waals surface area contributed by atoms with Crippen LogP contribution in [0, 0.1) is 0 Å². The smallest absolute Gasteiger partial charge is 0.0137 e. The number of hydrogen-bond acceptors (Lipinski definition) is 1. The van der Waals surface area contributed by atoms with Gasteiger partial charge in [-0.3, -0.25) is 0 Å². The van der Waals surface area contributed by atoms with Crippen molar-refractivity contribution < 1.29 is 0 Å². The van der Waals surface area contributed by atoms with E-state index in [9.17, 15) is 0 Å². The molecule has 0 aliphatic heterocycles. The average molecular weight is 273 g/mol. The van der Waals surface area contributed by atoms with E-state index in [0.29, 0.717) is 5.92 Å². The Balaban J connectivity index is 1.67. The van der Waals surface area contributed by atoms with Crippen molar-refractivity contribution in [2.45, 2.75) is 83.1 Å². The van der Waals surface area contributed by atoms with Gasteiger partial charge in [0.25, 0.3) is 0 Å². The van der Waals surface area contributed by atoms with Crippen molar-refractivity contribution in [1.29, 1.82) is 0 Å². The van der Waals surface area contributed by atoms with Crippen LogP contribution in [0.4, 0.5) is 0 Å². The zero-order chi connectivity index (χ0) is 14.4. The minimum atomic E-state index is 0.0851. The molecule has 0 aromatic heterocycles. The van der Waals surface area contributed by atoms with Crippen molar-refractivity contribution in [3.05, 3.63) is 35.4 Å². The number of hydrogen-bond donors (Lipinski definition) is 1. The summed E-state index contributed by atoms with van der Waals surface area (Å²) in [5.41, 5.74) is 9.16. The van der Waals surface area contributed by atoms with Crippen LogP contribution in [0.25, 0.3) is 0 Å². The van der Waals surface area contributed by atoms with Crippen LogP contribution in [-0.4, -0.2) is 5.54 Å². The summed E-state index contributed by atoms with van der Waals surface area (Å²) in [6, 6.07) is 9.31. The lowest BCUT2D eigenvalue weighted by Crippen LogP contribution is -2.47. The topological polar surface area (TPSA) is 26.0 Å². The van der Waals surface area contributed by atoms with E-state index < -0.39 is 0 Å². The first-order valence-corrected chi connectivity index (χ1v) is 8.48. The van der Waals surface area contributed by atoms with E-state index in [1.54, 1.807) is 0 Å². The molecule has 0 spiro atoms. The lowest BCUT2D eigenvalue weighted by molar-refractivity contribution is 0.230. The fourth-order valence-electron chi connectivity index (χ4n) is 3.37. The van der Waals surface area contributed by atoms with Crippen molar-refractivity contribution in [3.63, 3.8) is 0 Å². The molecule has 0 radical (unpaired) electrons. The molecule has 1 aliphatic carbocycles. The summed E-state index contributed by atoms with van der Waals surface area (Å²) < 4.78 is 0. The molecule has 20 heavy (non-hydrogen) atoms. The highest BCUT2D eigenvalue weighted by Gasteiger charge is 2.37.